The molecule has 4 aromatic rings. The minimum Gasteiger partial charge on any atom is -0.444 e. The summed E-state index contributed by atoms with van der Waals surface area (Å²) in [5, 5.41) is 3.03. The number of hydrogen-bond acceptors (Lipinski definition) is 7. The highest BCUT2D eigenvalue weighted by Crippen LogP contribution is 2.33. The first-order valence-corrected chi connectivity index (χ1v) is 15.3. The van der Waals surface area contributed by atoms with Gasteiger partial charge in [-0.15, -0.1) is 0 Å². The van der Waals surface area contributed by atoms with Crippen LogP contribution in [0.15, 0.2) is 60.8 Å². The van der Waals surface area contributed by atoms with Crippen LogP contribution >= 0.6 is 0 Å². The van der Waals surface area contributed by atoms with Gasteiger partial charge in [-0.3, -0.25) is 9.47 Å². The van der Waals surface area contributed by atoms with Crippen molar-refractivity contribution in [2.24, 2.45) is 0 Å². The Bertz CT molecular complexity index is 1630. The third-order valence-corrected chi connectivity index (χ3v) is 8.11. The molecule has 1 aromatic carbocycles. The number of nitrogens with one attached hydrogen (secondary N) is 1. The molecule has 1 saturated heterocycles. The molecule has 0 unspecified atom stereocenters. The maximum Gasteiger partial charge on any atom is 0.407 e. The highest BCUT2D eigenvalue weighted by Gasteiger charge is 2.24. The molecule has 9 heteroatoms. The van der Waals surface area contributed by atoms with Crippen LogP contribution in [0.5, 0.6) is 0 Å². The number of carbonyl (C=O) groups is 1. The quantitative estimate of drug-likeness (QED) is 0.268. The van der Waals surface area contributed by atoms with Gasteiger partial charge in [-0.05, 0) is 107 Å². The van der Waals surface area contributed by atoms with Gasteiger partial charge in [-0.1, -0.05) is 18.2 Å². The smallest absolute Gasteiger partial charge is 0.407 e. The summed E-state index contributed by atoms with van der Waals surface area (Å²) in [4.78, 5) is 29.1. The molecule has 224 valence electrons. The lowest BCUT2D eigenvalue weighted by atomic mass is 9.97. The Labute approximate surface area is 253 Å². The van der Waals surface area contributed by atoms with Gasteiger partial charge in [0.25, 0.3) is 0 Å². The molecule has 0 atom stereocenters. The second-order valence-electron chi connectivity index (χ2n) is 12.6. The molecule has 1 amide bonds. The van der Waals surface area contributed by atoms with Crippen LogP contribution in [0, 0.1) is 0 Å². The van der Waals surface area contributed by atoms with Crippen LogP contribution in [0.1, 0.15) is 70.6 Å². The van der Waals surface area contributed by atoms with Crippen molar-refractivity contribution in [2.45, 2.75) is 77.5 Å². The number of nitrogen functional groups attached to an aromatic ring is 1. The normalized spacial score (nSPS) is 16.7. The van der Waals surface area contributed by atoms with Crippen molar-refractivity contribution in [2.75, 3.05) is 18.8 Å². The van der Waals surface area contributed by atoms with Gasteiger partial charge in [-0.25, -0.2) is 19.7 Å². The minimum absolute atomic E-state index is 0.142. The molecule has 6 rings (SSSR count). The summed E-state index contributed by atoms with van der Waals surface area (Å²) in [5.41, 5.74) is 12.8. The molecule has 4 heterocycles. The van der Waals surface area contributed by atoms with E-state index in [2.05, 4.69) is 62.2 Å². The van der Waals surface area contributed by atoms with E-state index in [-0.39, 0.29) is 12.1 Å². The molecule has 0 spiro atoms. The summed E-state index contributed by atoms with van der Waals surface area (Å²) >= 11 is 0. The topological polar surface area (TPSA) is 111 Å². The fourth-order valence-corrected chi connectivity index (χ4v) is 5.96. The van der Waals surface area contributed by atoms with Crippen LogP contribution in [0.4, 0.5) is 10.6 Å². The van der Waals surface area contributed by atoms with Crippen molar-refractivity contribution >= 4 is 28.6 Å². The Balaban J connectivity index is 1.22. The fraction of sp³-hybridized carbons (Fsp3) is 0.412. The lowest BCUT2D eigenvalue weighted by molar-refractivity contribution is 0.0477. The first-order valence-electron chi connectivity index (χ1n) is 15.3. The molecule has 1 fully saturated rings. The second-order valence-corrected chi connectivity index (χ2v) is 12.6. The highest BCUT2D eigenvalue weighted by molar-refractivity contribution is 5.84. The number of amides is 1. The molecule has 0 saturated carbocycles. The van der Waals surface area contributed by atoms with Crippen LogP contribution < -0.4 is 11.1 Å². The van der Waals surface area contributed by atoms with Crippen molar-refractivity contribution in [3.8, 4) is 17.1 Å². The maximum absolute atomic E-state index is 12.2. The van der Waals surface area contributed by atoms with Crippen molar-refractivity contribution in [1.29, 1.82) is 0 Å². The van der Waals surface area contributed by atoms with Crippen LogP contribution in [-0.2, 0) is 11.3 Å². The lowest BCUT2D eigenvalue weighted by Gasteiger charge is -2.32. The number of likely N-dealkylation sites (tertiary alicyclic amines) is 1. The van der Waals surface area contributed by atoms with E-state index in [4.69, 9.17) is 20.4 Å². The molecule has 0 bridgehead atoms. The minimum atomic E-state index is -0.489. The molecular formula is C34H41N7O2. The van der Waals surface area contributed by atoms with Gasteiger partial charge in [0.2, 0.25) is 0 Å². The molecule has 2 aliphatic rings. The molecule has 9 nitrogen and oxygen atoms in total. The number of ether oxygens (including phenoxy) is 1. The molecule has 1 aliphatic heterocycles. The van der Waals surface area contributed by atoms with E-state index in [1.807, 2.05) is 32.9 Å². The van der Waals surface area contributed by atoms with E-state index >= 15 is 0 Å². The van der Waals surface area contributed by atoms with E-state index in [1.54, 1.807) is 6.20 Å². The van der Waals surface area contributed by atoms with Crippen LogP contribution in [-0.4, -0.2) is 55.2 Å². The largest absolute Gasteiger partial charge is 0.444 e. The number of alkyl carbamates (subject to hydrolysis) is 1. The monoisotopic (exact) mass is 579 g/mol. The zero-order chi connectivity index (χ0) is 30.0. The Morgan fingerprint density at radius 3 is 2.53 bits per heavy atom. The third kappa shape index (κ3) is 6.72. The third-order valence-electron chi connectivity index (χ3n) is 8.11. The number of piperidine rings is 1. The Hall–Kier alpha value is -4.24. The maximum atomic E-state index is 12.2. The summed E-state index contributed by atoms with van der Waals surface area (Å²) in [7, 11) is 0. The van der Waals surface area contributed by atoms with Crippen molar-refractivity contribution in [3.05, 3.63) is 72.1 Å². The van der Waals surface area contributed by atoms with Crippen LogP contribution in [0.3, 0.4) is 0 Å². The predicted octanol–water partition coefficient (Wildman–Crippen LogP) is 6.51. The summed E-state index contributed by atoms with van der Waals surface area (Å²) in [6.45, 7) is 8.33. The predicted molar refractivity (Wildman–Crippen MR) is 171 cm³/mol. The van der Waals surface area contributed by atoms with E-state index in [1.165, 1.54) is 24.0 Å². The number of imidazole rings is 1. The van der Waals surface area contributed by atoms with Gasteiger partial charge in [0.15, 0.2) is 11.5 Å². The zero-order valence-corrected chi connectivity index (χ0v) is 25.3. The number of nitrogens with zero attached hydrogens (tertiary/aromatic N) is 5. The van der Waals surface area contributed by atoms with Crippen LogP contribution in [0.2, 0.25) is 0 Å². The highest BCUT2D eigenvalue weighted by atomic mass is 16.6. The SMILES string of the molecule is CC(C)(C)OC(=O)NC1CCN(Cc2ccc(-n3c(-c4cccnc4N)nc4ccc(C5=CCCCC5)nc43)cc2)CC1. The van der Waals surface area contributed by atoms with Gasteiger partial charge in [0.05, 0.1) is 11.3 Å². The number of aromatic nitrogens is 4. The Morgan fingerprint density at radius 2 is 1.84 bits per heavy atom. The number of nitrogens with two attached hydrogens (primary N) is 1. The van der Waals surface area contributed by atoms with Gasteiger partial charge in [0.1, 0.15) is 16.9 Å². The van der Waals surface area contributed by atoms with Crippen molar-refractivity contribution in [1.82, 2.24) is 29.7 Å². The number of allylic oxidation sites excluding steroid dienone is 2. The number of benzene rings is 1. The molecule has 43 heavy (non-hydrogen) atoms. The number of pyridine rings is 2. The average Bonchev–Trinajstić information content (AvgIpc) is 3.37. The molecule has 0 radical (unpaired) electrons. The fourth-order valence-electron chi connectivity index (χ4n) is 5.96. The summed E-state index contributed by atoms with van der Waals surface area (Å²) in [6.07, 6.45) is 10.1. The second kappa shape index (κ2) is 12.2. The summed E-state index contributed by atoms with van der Waals surface area (Å²) in [6, 6.07) is 16.8. The van der Waals surface area contributed by atoms with Gasteiger partial charge >= 0.3 is 6.09 Å². The Kier molecular flexibility index (Phi) is 8.17. The molecule has 3 N–H and O–H groups in total. The summed E-state index contributed by atoms with van der Waals surface area (Å²) < 4.78 is 7.53. The summed E-state index contributed by atoms with van der Waals surface area (Å²) in [5.74, 6) is 1.17. The van der Waals surface area contributed by atoms with E-state index in [0.717, 1.165) is 79.3 Å². The van der Waals surface area contributed by atoms with Gasteiger partial charge in [-0.2, -0.15) is 0 Å². The Morgan fingerprint density at radius 1 is 1.05 bits per heavy atom. The van der Waals surface area contributed by atoms with Gasteiger partial charge < -0.3 is 15.8 Å². The van der Waals surface area contributed by atoms with Crippen molar-refractivity contribution in [3.63, 3.8) is 0 Å². The van der Waals surface area contributed by atoms with Crippen LogP contribution in [0.25, 0.3) is 33.8 Å². The van der Waals surface area contributed by atoms with Gasteiger partial charge in [0, 0.05) is 37.6 Å². The zero-order valence-electron chi connectivity index (χ0n) is 25.3. The van der Waals surface area contributed by atoms with E-state index < -0.39 is 5.60 Å². The number of rotatable bonds is 6. The molecule has 1 aliphatic carbocycles. The van der Waals surface area contributed by atoms with E-state index in [0.29, 0.717) is 5.82 Å². The first-order chi connectivity index (χ1) is 20.7. The van der Waals surface area contributed by atoms with E-state index in [9.17, 15) is 4.79 Å². The average molecular weight is 580 g/mol. The standard InChI is InChI=1S/C34H41N7O2/c1-34(2,3)43-33(42)37-25-17-20-40(21-18-25)22-23-11-13-26(14-12-23)41-31(27-10-7-19-36-30(27)35)39-29-16-15-28(38-32(29)41)24-8-5-4-6-9-24/h7-8,10-16,19,25H,4-6,9,17-18,20-22H2,1-3H3,(H2,35,36)(H,37,42). The number of carbonyl (C=O) groups excluding carboxylic acids is 1. The molecule has 3 aromatic heterocycles. The number of fused-ring (bicyclic) bond motifs is 1. The molecular weight excluding hydrogens is 538 g/mol. The number of anilines is 1. The number of hydrogen-bond donors (Lipinski definition) is 2. The lowest BCUT2D eigenvalue weighted by Crippen LogP contribution is -2.45. The van der Waals surface area contributed by atoms with Crippen molar-refractivity contribution < 1.29 is 9.53 Å². The first kappa shape index (κ1) is 28.9.